The van der Waals surface area contributed by atoms with Gasteiger partial charge in [0.1, 0.15) is 23.2 Å². The second-order valence-electron chi connectivity index (χ2n) is 9.97. The molecule has 1 aromatic carbocycles. The Kier molecular flexibility index (Phi) is 7.86. The topological polar surface area (TPSA) is 128 Å². The molecule has 3 N–H and O–H groups in total. The van der Waals surface area contributed by atoms with E-state index in [1.54, 1.807) is 12.1 Å². The van der Waals surface area contributed by atoms with E-state index in [1.165, 1.54) is 36.4 Å². The van der Waals surface area contributed by atoms with E-state index in [-0.39, 0.29) is 34.2 Å². The largest absolute Gasteiger partial charge is 0.493 e. The van der Waals surface area contributed by atoms with Crippen LogP contribution in [0.15, 0.2) is 53.6 Å². The van der Waals surface area contributed by atoms with E-state index >= 15 is 0 Å². The number of nitrogens with one attached hydrogen (secondary N) is 1. The smallest absolute Gasteiger partial charge is 0.281 e. The molecule has 1 amide bonds. The van der Waals surface area contributed by atoms with Gasteiger partial charge in [0.2, 0.25) is 0 Å². The van der Waals surface area contributed by atoms with Gasteiger partial charge in [-0.2, -0.15) is 8.42 Å². The maximum atomic E-state index is 14.5. The van der Waals surface area contributed by atoms with Crippen LogP contribution in [0.2, 0.25) is 0 Å². The van der Waals surface area contributed by atoms with Crippen LogP contribution in [0.3, 0.4) is 0 Å². The van der Waals surface area contributed by atoms with Gasteiger partial charge in [-0.05, 0) is 68.0 Å². The zero-order chi connectivity index (χ0) is 27.6. The summed E-state index contributed by atoms with van der Waals surface area (Å²) < 4.78 is 47.9. The molecule has 1 aliphatic carbocycles. The van der Waals surface area contributed by atoms with Crippen molar-refractivity contribution >= 4 is 27.6 Å². The highest BCUT2D eigenvalue weighted by atomic mass is 32.2. The monoisotopic (exact) mass is 541 g/mol. The Morgan fingerprint density at radius 3 is 2.55 bits per heavy atom. The van der Waals surface area contributed by atoms with Crippen LogP contribution in [0.4, 0.5) is 16.0 Å². The van der Waals surface area contributed by atoms with Crippen LogP contribution in [0, 0.1) is 17.7 Å². The van der Waals surface area contributed by atoms with Crippen molar-refractivity contribution in [2.45, 2.75) is 44.7 Å². The molecule has 1 fully saturated rings. The lowest BCUT2D eigenvalue weighted by Gasteiger charge is -2.28. The van der Waals surface area contributed by atoms with Crippen LogP contribution in [-0.2, 0) is 10.0 Å². The summed E-state index contributed by atoms with van der Waals surface area (Å²) in [6.07, 6.45) is 2.12. The number of sulfonamides is 1. The minimum atomic E-state index is -4.29. The number of pyridine rings is 2. The molecule has 0 radical (unpaired) electrons. The lowest BCUT2D eigenvalue weighted by atomic mass is 10.1. The first-order valence-corrected chi connectivity index (χ1v) is 13.9. The molecule has 11 heteroatoms. The number of nitrogens with two attached hydrogens (primary N) is 1. The Morgan fingerprint density at radius 2 is 1.89 bits per heavy atom. The minimum absolute atomic E-state index is 0.0110. The van der Waals surface area contributed by atoms with Gasteiger partial charge in [0.25, 0.3) is 15.9 Å². The quantitative estimate of drug-likeness (QED) is 0.390. The molecule has 1 saturated carbocycles. The Morgan fingerprint density at radius 1 is 1.16 bits per heavy atom. The average Bonchev–Trinajstić information content (AvgIpc) is 3.71. The molecule has 9 nitrogen and oxygen atoms in total. The number of hydrogen-bond acceptors (Lipinski definition) is 8. The fraction of sp³-hybridized carbons (Fsp3) is 0.370. The second-order valence-corrected chi connectivity index (χ2v) is 11.6. The molecular weight excluding hydrogens is 509 g/mol. The van der Waals surface area contributed by atoms with Crippen molar-refractivity contribution in [2.75, 3.05) is 24.3 Å². The second kappa shape index (κ2) is 10.9. The number of carbonyl (C=O) groups excluding carboxylic acids is 1. The van der Waals surface area contributed by atoms with Crippen molar-refractivity contribution < 1.29 is 22.3 Å². The first-order chi connectivity index (χ1) is 17.9. The van der Waals surface area contributed by atoms with Crippen LogP contribution in [0.25, 0.3) is 11.3 Å². The summed E-state index contributed by atoms with van der Waals surface area (Å²) in [7, 11) is -2.48. The summed E-state index contributed by atoms with van der Waals surface area (Å²) >= 11 is 0. The predicted molar refractivity (Wildman–Crippen MR) is 144 cm³/mol. The molecule has 202 valence electrons. The third-order valence-corrected chi connectivity index (χ3v) is 7.60. The van der Waals surface area contributed by atoms with Gasteiger partial charge >= 0.3 is 0 Å². The molecule has 3 aromatic rings. The van der Waals surface area contributed by atoms with Crippen LogP contribution in [0.5, 0.6) is 5.75 Å². The highest BCUT2D eigenvalue weighted by Gasteiger charge is 2.33. The molecule has 1 unspecified atom stereocenters. The fourth-order valence-corrected chi connectivity index (χ4v) is 4.95. The molecule has 0 aliphatic heterocycles. The van der Waals surface area contributed by atoms with E-state index in [1.807, 2.05) is 32.7 Å². The van der Waals surface area contributed by atoms with Crippen molar-refractivity contribution in [1.82, 2.24) is 14.7 Å². The zero-order valence-corrected chi connectivity index (χ0v) is 22.6. The van der Waals surface area contributed by atoms with Gasteiger partial charge in [0, 0.05) is 24.7 Å². The third kappa shape index (κ3) is 6.39. The molecule has 1 aliphatic rings. The first-order valence-electron chi connectivity index (χ1n) is 12.4. The van der Waals surface area contributed by atoms with Crippen molar-refractivity contribution in [3.05, 3.63) is 59.9 Å². The van der Waals surface area contributed by atoms with Gasteiger partial charge < -0.3 is 15.4 Å². The summed E-state index contributed by atoms with van der Waals surface area (Å²) in [5, 5.41) is -0.370. The number of nitrogens with zero attached hydrogens (tertiary/aromatic N) is 3. The van der Waals surface area contributed by atoms with Crippen molar-refractivity contribution in [3.63, 3.8) is 0 Å². The summed E-state index contributed by atoms with van der Waals surface area (Å²) in [5.74, 6) is 0.0257. The van der Waals surface area contributed by atoms with E-state index in [0.717, 1.165) is 12.8 Å². The van der Waals surface area contributed by atoms with E-state index in [9.17, 15) is 17.6 Å². The third-order valence-electron chi connectivity index (χ3n) is 6.37. The molecular formula is C27H32FN5O4S. The number of hydrogen-bond donors (Lipinski definition) is 2. The van der Waals surface area contributed by atoms with Gasteiger partial charge in [-0.3, -0.25) is 4.79 Å². The average molecular weight is 542 g/mol. The normalized spacial score (nSPS) is 14.3. The predicted octanol–water partition coefficient (Wildman–Crippen LogP) is 4.25. The fourth-order valence-electron chi connectivity index (χ4n) is 4.01. The molecule has 2 aromatic heterocycles. The maximum Gasteiger partial charge on any atom is 0.281 e. The van der Waals surface area contributed by atoms with Crippen LogP contribution >= 0.6 is 0 Å². The van der Waals surface area contributed by atoms with E-state index in [4.69, 9.17) is 15.5 Å². The number of carbonyl (C=O) groups is 1. The molecule has 4 rings (SSSR count). The number of nitrogen functional groups attached to an aromatic ring is 1. The lowest BCUT2D eigenvalue weighted by Crippen LogP contribution is -2.36. The van der Waals surface area contributed by atoms with Crippen molar-refractivity contribution in [3.8, 4) is 17.0 Å². The van der Waals surface area contributed by atoms with Crippen molar-refractivity contribution in [2.24, 2.45) is 11.8 Å². The molecule has 0 spiro atoms. The van der Waals surface area contributed by atoms with Crippen LogP contribution < -0.4 is 20.1 Å². The summed E-state index contributed by atoms with van der Waals surface area (Å²) in [5.41, 5.74) is 6.56. The highest BCUT2D eigenvalue weighted by molar-refractivity contribution is 7.90. The number of rotatable bonds is 10. The number of benzene rings is 1. The molecule has 0 bridgehead atoms. The van der Waals surface area contributed by atoms with Gasteiger partial charge in [0.15, 0.2) is 5.03 Å². The Labute approximate surface area is 222 Å². The summed E-state index contributed by atoms with van der Waals surface area (Å²) in [4.78, 5) is 23.6. The molecule has 0 saturated heterocycles. The molecule has 38 heavy (non-hydrogen) atoms. The minimum Gasteiger partial charge on any atom is -0.493 e. The Balaban J connectivity index is 1.71. The number of anilines is 2. The maximum absolute atomic E-state index is 14.5. The van der Waals surface area contributed by atoms with Gasteiger partial charge in [-0.25, -0.2) is 19.1 Å². The van der Waals surface area contributed by atoms with Gasteiger partial charge in [-0.15, -0.1) is 0 Å². The van der Waals surface area contributed by atoms with E-state index in [0.29, 0.717) is 29.5 Å². The Hall–Kier alpha value is -3.73. The lowest BCUT2D eigenvalue weighted by molar-refractivity contribution is 0.0981. The van der Waals surface area contributed by atoms with Crippen LogP contribution in [-0.4, -0.2) is 44.0 Å². The summed E-state index contributed by atoms with van der Waals surface area (Å²) in [6.45, 7) is 6.45. The molecule has 2 heterocycles. The zero-order valence-electron chi connectivity index (χ0n) is 21.8. The van der Waals surface area contributed by atoms with Gasteiger partial charge in [-0.1, -0.05) is 19.9 Å². The highest BCUT2D eigenvalue weighted by Crippen LogP contribution is 2.37. The first kappa shape index (κ1) is 27.3. The summed E-state index contributed by atoms with van der Waals surface area (Å²) in [6, 6.07) is 11.6. The molecule has 1 atom stereocenters. The Bertz CT molecular complexity index is 1440. The number of amides is 1. The number of ether oxygens (including phenoxy) is 1. The SMILES string of the molecule is CC(C)COc1cc(F)cc(-c2ccc(C(=O)NS(=O)(=O)c3cccc(N)n3)c(N(C)C(C)C3CC3)n2)c1. The number of halogens is 1. The number of aromatic nitrogens is 2. The van der Waals surface area contributed by atoms with E-state index in [2.05, 4.69) is 9.71 Å². The van der Waals surface area contributed by atoms with E-state index < -0.39 is 21.7 Å². The standard InChI is InChI=1S/C27H32FN5O4S/c1-16(2)15-37-21-13-19(12-20(28)14-21)23-11-10-22(26(30-23)33(4)17(3)18-8-9-18)27(34)32-38(35,36)25-7-5-6-24(29)31-25/h5-7,10-14,16-18H,8-9,15H2,1-4H3,(H2,29,31)(H,32,34). The van der Waals surface area contributed by atoms with Crippen molar-refractivity contribution in [1.29, 1.82) is 0 Å². The van der Waals surface area contributed by atoms with Crippen LogP contribution in [0.1, 0.15) is 44.0 Å². The van der Waals surface area contributed by atoms with Gasteiger partial charge in [0.05, 0.1) is 17.9 Å².